The number of hydrogen-bond acceptors (Lipinski definition) is 5. The fourth-order valence-corrected chi connectivity index (χ4v) is 3.34. The first-order chi connectivity index (χ1) is 10.7. The van der Waals surface area contributed by atoms with Crippen molar-refractivity contribution in [3.63, 3.8) is 0 Å². The van der Waals surface area contributed by atoms with Gasteiger partial charge < -0.3 is 15.1 Å². The third-order valence-corrected chi connectivity index (χ3v) is 4.44. The molecule has 3 heterocycles. The topological polar surface area (TPSA) is 74.6 Å². The summed E-state index contributed by atoms with van der Waals surface area (Å²) in [7, 11) is 0. The predicted molar refractivity (Wildman–Crippen MR) is 82.2 cm³/mol. The number of hydrogen-bond donors (Lipinski definition) is 2. The molecule has 0 aromatic carbocycles. The zero-order chi connectivity index (χ0) is 15.4. The Morgan fingerprint density at radius 3 is 3.09 bits per heavy atom. The van der Waals surface area contributed by atoms with Crippen LogP contribution >= 0.6 is 11.3 Å². The highest BCUT2D eigenvalue weighted by Crippen LogP contribution is 2.26. The van der Waals surface area contributed by atoms with Crippen LogP contribution in [0.2, 0.25) is 0 Å². The van der Waals surface area contributed by atoms with Gasteiger partial charge in [-0.3, -0.25) is 14.5 Å². The van der Waals surface area contributed by atoms with E-state index in [1.54, 1.807) is 12.3 Å². The Morgan fingerprint density at radius 2 is 2.36 bits per heavy atom. The monoisotopic (exact) mass is 319 g/mol. The summed E-state index contributed by atoms with van der Waals surface area (Å²) in [6.07, 6.45) is 1.57. The second-order valence-electron chi connectivity index (χ2n) is 5.04. The lowest BCUT2D eigenvalue weighted by Gasteiger charge is -2.33. The van der Waals surface area contributed by atoms with Gasteiger partial charge in [-0.1, -0.05) is 6.07 Å². The van der Waals surface area contributed by atoms with Crippen LogP contribution in [0, 0.1) is 0 Å². The van der Waals surface area contributed by atoms with Crippen molar-refractivity contribution < 1.29 is 14.0 Å². The molecule has 1 saturated heterocycles. The number of nitrogens with zero attached hydrogens (tertiary/aromatic N) is 1. The highest BCUT2D eigenvalue weighted by molar-refractivity contribution is 7.10. The van der Waals surface area contributed by atoms with E-state index < -0.39 is 0 Å². The third-order valence-electron chi connectivity index (χ3n) is 3.51. The van der Waals surface area contributed by atoms with Gasteiger partial charge in [0.2, 0.25) is 11.8 Å². The lowest BCUT2D eigenvalue weighted by Crippen LogP contribution is -2.52. The van der Waals surface area contributed by atoms with Crippen molar-refractivity contribution in [3.05, 3.63) is 46.5 Å². The average molecular weight is 319 g/mol. The Balaban J connectivity index is 1.61. The molecule has 0 aliphatic carbocycles. The Bertz CT molecular complexity index is 625. The van der Waals surface area contributed by atoms with Gasteiger partial charge in [0.15, 0.2) is 0 Å². The van der Waals surface area contributed by atoms with E-state index in [0.717, 1.165) is 4.88 Å². The summed E-state index contributed by atoms with van der Waals surface area (Å²) in [5.74, 6) is 0.541. The standard InChI is InChI=1S/C15H17N3O3S/c19-13(17-9-11-3-1-7-21-11)10-18-6-5-16-15(20)14(18)12-4-2-8-22-12/h1-4,7-8,14H,5-6,9-10H2,(H,16,20)(H,17,19)/t14-/m0/s1. The number of piperazine rings is 1. The zero-order valence-electron chi connectivity index (χ0n) is 12.0. The minimum Gasteiger partial charge on any atom is -0.467 e. The van der Waals surface area contributed by atoms with Crippen LogP contribution in [-0.4, -0.2) is 36.3 Å². The summed E-state index contributed by atoms with van der Waals surface area (Å²) < 4.78 is 5.18. The Kier molecular flexibility index (Phi) is 4.55. The van der Waals surface area contributed by atoms with Crippen LogP contribution in [0.4, 0.5) is 0 Å². The molecule has 0 unspecified atom stereocenters. The fourth-order valence-electron chi connectivity index (χ4n) is 2.48. The third kappa shape index (κ3) is 3.37. The molecule has 0 bridgehead atoms. The number of nitrogens with one attached hydrogen (secondary N) is 2. The summed E-state index contributed by atoms with van der Waals surface area (Å²) in [5.41, 5.74) is 0. The molecule has 1 aliphatic rings. The molecule has 3 rings (SSSR count). The van der Waals surface area contributed by atoms with Crippen molar-refractivity contribution in [1.29, 1.82) is 0 Å². The quantitative estimate of drug-likeness (QED) is 0.866. The van der Waals surface area contributed by atoms with Crippen molar-refractivity contribution in [2.45, 2.75) is 12.6 Å². The molecule has 2 aromatic rings. The summed E-state index contributed by atoms with van der Waals surface area (Å²) in [6.45, 7) is 1.76. The van der Waals surface area contributed by atoms with E-state index in [4.69, 9.17) is 4.42 Å². The summed E-state index contributed by atoms with van der Waals surface area (Å²) in [5, 5.41) is 7.60. The van der Waals surface area contributed by atoms with Crippen LogP contribution in [0.25, 0.3) is 0 Å². The molecule has 2 amide bonds. The smallest absolute Gasteiger partial charge is 0.242 e. The van der Waals surface area contributed by atoms with E-state index in [1.807, 2.05) is 28.5 Å². The van der Waals surface area contributed by atoms with E-state index in [9.17, 15) is 9.59 Å². The molecule has 116 valence electrons. The Hall–Kier alpha value is -2.12. The molecule has 2 N–H and O–H groups in total. The SMILES string of the molecule is O=C(CN1CCNC(=O)[C@@H]1c1cccs1)NCc1ccco1. The number of carbonyl (C=O) groups excluding carboxylic acids is 2. The van der Waals surface area contributed by atoms with Gasteiger partial charge in [-0.15, -0.1) is 11.3 Å². The summed E-state index contributed by atoms with van der Waals surface area (Å²) in [6, 6.07) is 7.04. The highest BCUT2D eigenvalue weighted by Gasteiger charge is 2.32. The zero-order valence-corrected chi connectivity index (χ0v) is 12.8. The minimum absolute atomic E-state index is 0.0486. The normalized spacial score (nSPS) is 18.9. The van der Waals surface area contributed by atoms with Gasteiger partial charge in [0.1, 0.15) is 11.8 Å². The molecule has 2 aromatic heterocycles. The van der Waals surface area contributed by atoms with Crippen LogP contribution in [0.5, 0.6) is 0 Å². The molecule has 7 heteroatoms. The first-order valence-corrected chi connectivity index (χ1v) is 7.96. The van der Waals surface area contributed by atoms with Crippen molar-refractivity contribution in [2.24, 2.45) is 0 Å². The number of amides is 2. The van der Waals surface area contributed by atoms with Crippen molar-refractivity contribution in [2.75, 3.05) is 19.6 Å². The minimum atomic E-state index is -0.386. The molecule has 0 spiro atoms. The first kappa shape index (κ1) is 14.8. The van der Waals surface area contributed by atoms with Gasteiger partial charge in [-0.05, 0) is 23.6 Å². The molecule has 0 saturated carbocycles. The molecule has 1 fully saturated rings. The second-order valence-corrected chi connectivity index (χ2v) is 6.01. The molecular formula is C15H17N3O3S. The summed E-state index contributed by atoms with van der Waals surface area (Å²) in [4.78, 5) is 27.1. The van der Waals surface area contributed by atoms with Gasteiger partial charge in [-0.25, -0.2) is 0 Å². The van der Waals surface area contributed by atoms with Gasteiger partial charge >= 0.3 is 0 Å². The maximum absolute atomic E-state index is 12.1. The van der Waals surface area contributed by atoms with Crippen molar-refractivity contribution in [3.8, 4) is 0 Å². The average Bonchev–Trinajstić information content (AvgIpc) is 3.19. The lowest BCUT2D eigenvalue weighted by molar-refractivity contribution is -0.131. The lowest BCUT2D eigenvalue weighted by atomic mass is 10.1. The van der Waals surface area contributed by atoms with Crippen LogP contribution in [0.15, 0.2) is 40.3 Å². The fraction of sp³-hybridized carbons (Fsp3) is 0.333. The van der Waals surface area contributed by atoms with Crippen LogP contribution in [-0.2, 0) is 16.1 Å². The van der Waals surface area contributed by atoms with Crippen molar-refractivity contribution in [1.82, 2.24) is 15.5 Å². The highest BCUT2D eigenvalue weighted by atomic mass is 32.1. The van der Waals surface area contributed by atoms with E-state index >= 15 is 0 Å². The largest absolute Gasteiger partial charge is 0.467 e. The van der Waals surface area contributed by atoms with E-state index in [0.29, 0.717) is 25.4 Å². The Labute approximate surface area is 132 Å². The number of carbonyl (C=O) groups is 2. The first-order valence-electron chi connectivity index (χ1n) is 7.08. The molecular weight excluding hydrogens is 302 g/mol. The maximum atomic E-state index is 12.1. The van der Waals surface area contributed by atoms with Crippen LogP contribution in [0.3, 0.4) is 0 Å². The molecule has 0 radical (unpaired) electrons. The van der Waals surface area contributed by atoms with Crippen LogP contribution < -0.4 is 10.6 Å². The molecule has 22 heavy (non-hydrogen) atoms. The van der Waals surface area contributed by atoms with Crippen molar-refractivity contribution >= 4 is 23.2 Å². The number of thiophene rings is 1. The molecule has 6 nitrogen and oxygen atoms in total. The molecule has 1 aliphatic heterocycles. The maximum Gasteiger partial charge on any atom is 0.242 e. The predicted octanol–water partition coefficient (Wildman–Crippen LogP) is 1.13. The summed E-state index contributed by atoms with van der Waals surface area (Å²) >= 11 is 1.53. The van der Waals surface area contributed by atoms with Gasteiger partial charge in [0.25, 0.3) is 0 Å². The van der Waals surface area contributed by atoms with Gasteiger partial charge in [0, 0.05) is 18.0 Å². The number of furan rings is 1. The second kappa shape index (κ2) is 6.76. The van der Waals surface area contributed by atoms with Gasteiger partial charge in [0.05, 0.1) is 19.4 Å². The van der Waals surface area contributed by atoms with E-state index in [1.165, 1.54) is 11.3 Å². The van der Waals surface area contributed by atoms with E-state index in [-0.39, 0.29) is 24.4 Å². The van der Waals surface area contributed by atoms with Crippen LogP contribution in [0.1, 0.15) is 16.7 Å². The number of rotatable bonds is 5. The van der Waals surface area contributed by atoms with E-state index in [2.05, 4.69) is 10.6 Å². The van der Waals surface area contributed by atoms with Gasteiger partial charge in [-0.2, -0.15) is 0 Å². The Morgan fingerprint density at radius 1 is 1.45 bits per heavy atom. The molecule has 1 atom stereocenters.